The van der Waals surface area contributed by atoms with Gasteiger partial charge < -0.3 is 15.0 Å². The summed E-state index contributed by atoms with van der Waals surface area (Å²) in [5.74, 6) is -0.264. The molecule has 22 heavy (non-hydrogen) atoms. The zero-order valence-electron chi connectivity index (χ0n) is 13.3. The molecule has 0 bridgehead atoms. The summed E-state index contributed by atoms with van der Waals surface area (Å²) in [6, 6.07) is 1.43. The molecule has 0 amide bonds. The van der Waals surface area contributed by atoms with Gasteiger partial charge in [0.1, 0.15) is 11.3 Å². The van der Waals surface area contributed by atoms with Crippen LogP contribution in [-0.2, 0) is 15.2 Å². The Labute approximate surface area is 129 Å². The highest BCUT2D eigenvalue weighted by molar-refractivity contribution is 5.83. The summed E-state index contributed by atoms with van der Waals surface area (Å²) in [5.41, 5.74) is 4.54. The number of rotatable bonds is 2. The molecule has 0 saturated heterocycles. The highest BCUT2D eigenvalue weighted by Crippen LogP contribution is 2.41. The van der Waals surface area contributed by atoms with E-state index in [9.17, 15) is 4.79 Å². The van der Waals surface area contributed by atoms with Crippen molar-refractivity contribution in [3.63, 3.8) is 0 Å². The maximum atomic E-state index is 15.0. The van der Waals surface area contributed by atoms with Crippen molar-refractivity contribution >= 4 is 11.9 Å². The topological polar surface area (TPSA) is 78.4 Å². The number of halogens is 1. The van der Waals surface area contributed by atoms with Gasteiger partial charge in [-0.25, -0.2) is 9.18 Å². The molecule has 2 rings (SSSR count). The number of ether oxygens (including phenoxy) is 1. The van der Waals surface area contributed by atoms with Crippen molar-refractivity contribution in [1.82, 2.24) is 5.16 Å². The van der Waals surface area contributed by atoms with Crippen molar-refractivity contribution < 1.29 is 18.4 Å². The first kappa shape index (κ1) is 16.5. The van der Waals surface area contributed by atoms with Crippen LogP contribution in [0.2, 0.25) is 0 Å². The van der Waals surface area contributed by atoms with E-state index in [0.29, 0.717) is 25.7 Å². The van der Waals surface area contributed by atoms with E-state index in [1.54, 1.807) is 0 Å². The molecule has 0 spiro atoms. The summed E-state index contributed by atoms with van der Waals surface area (Å²) in [7, 11) is 0. The molecule has 122 valence electrons. The second kappa shape index (κ2) is 6.10. The van der Waals surface area contributed by atoms with Gasteiger partial charge in [-0.05, 0) is 52.9 Å². The van der Waals surface area contributed by atoms with Crippen LogP contribution in [-0.4, -0.2) is 16.7 Å². The van der Waals surface area contributed by atoms with Gasteiger partial charge in [0.25, 0.3) is 0 Å². The normalized spacial score (nSPS) is 25.0. The Hall–Kier alpha value is -1.85. The minimum atomic E-state index is -1.55. The molecule has 1 atom stereocenters. The van der Waals surface area contributed by atoms with Crippen LogP contribution < -0.4 is 5.73 Å². The average Bonchev–Trinajstić information content (AvgIpc) is 2.72. The summed E-state index contributed by atoms with van der Waals surface area (Å²) in [6.07, 6.45) is 3.89. The van der Waals surface area contributed by atoms with Crippen LogP contribution in [0.5, 0.6) is 0 Å². The number of esters is 1. The first-order valence-corrected chi connectivity index (χ1v) is 7.52. The summed E-state index contributed by atoms with van der Waals surface area (Å²) in [4.78, 5) is 11.8. The fourth-order valence-corrected chi connectivity index (χ4v) is 2.60. The molecule has 0 aromatic carbocycles. The van der Waals surface area contributed by atoms with Crippen LogP contribution >= 0.6 is 0 Å². The summed E-state index contributed by atoms with van der Waals surface area (Å²) in [5, 5.41) is 3.70. The largest absolute Gasteiger partial charge is 0.457 e. The van der Waals surface area contributed by atoms with Gasteiger partial charge in [0.05, 0.1) is 0 Å². The first-order chi connectivity index (χ1) is 10.2. The third-order valence-electron chi connectivity index (χ3n) is 3.63. The molecule has 1 fully saturated rings. The zero-order chi connectivity index (χ0) is 16.4. The van der Waals surface area contributed by atoms with E-state index in [1.165, 1.54) is 12.1 Å². The predicted molar refractivity (Wildman–Crippen MR) is 80.7 cm³/mol. The monoisotopic (exact) mass is 310 g/mol. The number of nitrogen functional groups attached to an aromatic ring is 1. The highest BCUT2D eigenvalue weighted by Gasteiger charge is 2.36. The molecule has 0 aliphatic heterocycles. The standard InChI is InChI=1S/C16H23FN2O3/c1-15(2,3)21-14(20)9-11-5-4-7-16(17,8-6-11)12-10-13(18)22-19-12/h9-10H,4-8,18H2,1-3H3/b11-9-. The lowest BCUT2D eigenvalue weighted by Gasteiger charge is -2.20. The smallest absolute Gasteiger partial charge is 0.331 e. The lowest BCUT2D eigenvalue weighted by atomic mass is 9.93. The third kappa shape index (κ3) is 4.32. The van der Waals surface area contributed by atoms with Crippen molar-refractivity contribution in [1.29, 1.82) is 0 Å². The van der Waals surface area contributed by atoms with Crippen LogP contribution in [0.15, 0.2) is 22.2 Å². The Bertz CT molecular complexity index is 574. The fraction of sp³-hybridized carbons (Fsp3) is 0.625. The minimum Gasteiger partial charge on any atom is -0.457 e. The number of alkyl halides is 1. The maximum Gasteiger partial charge on any atom is 0.331 e. The van der Waals surface area contributed by atoms with Gasteiger partial charge in [-0.3, -0.25) is 0 Å². The molecule has 2 N–H and O–H groups in total. The molecule has 1 aliphatic carbocycles. The number of carbonyl (C=O) groups is 1. The lowest BCUT2D eigenvalue weighted by molar-refractivity contribution is -0.148. The maximum absolute atomic E-state index is 15.0. The fourth-order valence-electron chi connectivity index (χ4n) is 2.60. The van der Waals surface area contributed by atoms with Crippen molar-refractivity contribution in [2.75, 3.05) is 5.73 Å². The van der Waals surface area contributed by atoms with E-state index < -0.39 is 11.3 Å². The number of allylic oxidation sites excluding steroid dienone is 1. The van der Waals surface area contributed by atoms with Gasteiger partial charge in [-0.1, -0.05) is 10.7 Å². The molecule has 1 aromatic rings. The average molecular weight is 310 g/mol. The van der Waals surface area contributed by atoms with Gasteiger partial charge in [0.2, 0.25) is 5.88 Å². The van der Waals surface area contributed by atoms with Gasteiger partial charge in [0.15, 0.2) is 5.67 Å². The third-order valence-corrected chi connectivity index (χ3v) is 3.63. The Balaban J connectivity index is 2.05. The van der Waals surface area contributed by atoms with Crippen molar-refractivity contribution in [3.05, 3.63) is 23.4 Å². The first-order valence-electron chi connectivity index (χ1n) is 7.52. The molecular formula is C16H23FN2O3. The van der Waals surface area contributed by atoms with Crippen molar-refractivity contribution in [2.24, 2.45) is 0 Å². The van der Waals surface area contributed by atoms with Crippen molar-refractivity contribution in [3.8, 4) is 0 Å². The number of nitrogens with zero attached hydrogens (tertiary/aromatic N) is 1. The van der Waals surface area contributed by atoms with Crippen LogP contribution in [0.1, 0.15) is 58.6 Å². The molecule has 1 aromatic heterocycles. The Morgan fingerprint density at radius 1 is 1.45 bits per heavy atom. The second-order valence-corrected chi connectivity index (χ2v) is 6.77. The van der Waals surface area contributed by atoms with E-state index in [-0.39, 0.29) is 24.0 Å². The van der Waals surface area contributed by atoms with E-state index in [0.717, 1.165) is 5.57 Å². The van der Waals surface area contributed by atoms with Crippen LogP contribution in [0, 0.1) is 0 Å². The SMILES string of the molecule is CC(C)(C)OC(=O)/C=C1/CCCC(F)(c2cc(N)on2)CC1. The number of nitrogens with two attached hydrogens (primary N) is 1. The quantitative estimate of drug-likeness (QED) is 0.512. The van der Waals surface area contributed by atoms with Crippen molar-refractivity contribution in [2.45, 2.75) is 64.1 Å². The number of hydrogen-bond donors (Lipinski definition) is 1. The van der Waals surface area contributed by atoms with E-state index in [2.05, 4.69) is 5.16 Å². The van der Waals surface area contributed by atoms with Crippen LogP contribution in [0.3, 0.4) is 0 Å². The number of carbonyl (C=O) groups excluding carboxylic acids is 1. The summed E-state index contributed by atoms with van der Waals surface area (Å²) < 4.78 is 25.1. The Morgan fingerprint density at radius 3 is 2.77 bits per heavy atom. The van der Waals surface area contributed by atoms with Crippen LogP contribution in [0.25, 0.3) is 0 Å². The molecule has 1 heterocycles. The van der Waals surface area contributed by atoms with Gasteiger partial charge >= 0.3 is 5.97 Å². The summed E-state index contributed by atoms with van der Waals surface area (Å²) in [6.45, 7) is 5.45. The predicted octanol–water partition coefficient (Wildman–Crippen LogP) is 3.65. The number of aromatic nitrogens is 1. The molecule has 1 saturated carbocycles. The molecule has 1 aliphatic rings. The van der Waals surface area contributed by atoms with Gasteiger partial charge in [0, 0.05) is 12.1 Å². The molecule has 0 radical (unpaired) electrons. The van der Waals surface area contributed by atoms with Gasteiger partial charge in [-0.2, -0.15) is 0 Å². The van der Waals surface area contributed by atoms with E-state index in [1.807, 2.05) is 20.8 Å². The Kier molecular flexibility index (Phi) is 4.58. The molecule has 6 heteroatoms. The second-order valence-electron chi connectivity index (χ2n) is 6.77. The van der Waals surface area contributed by atoms with Crippen LogP contribution in [0.4, 0.5) is 10.3 Å². The van der Waals surface area contributed by atoms with E-state index >= 15 is 4.39 Å². The Morgan fingerprint density at radius 2 is 2.18 bits per heavy atom. The molecule has 1 unspecified atom stereocenters. The van der Waals surface area contributed by atoms with Gasteiger partial charge in [-0.15, -0.1) is 0 Å². The lowest BCUT2D eigenvalue weighted by Crippen LogP contribution is -2.22. The summed E-state index contributed by atoms with van der Waals surface area (Å²) >= 11 is 0. The molecule has 5 nitrogen and oxygen atoms in total. The molecular weight excluding hydrogens is 287 g/mol. The minimum absolute atomic E-state index is 0.112. The highest BCUT2D eigenvalue weighted by atomic mass is 19.1. The number of anilines is 1. The zero-order valence-corrected chi connectivity index (χ0v) is 13.3. The van der Waals surface area contributed by atoms with E-state index in [4.69, 9.17) is 15.0 Å². The number of hydrogen-bond acceptors (Lipinski definition) is 5.